The van der Waals surface area contributed by atoms with Crippen LogP contribution in [0.25, 0.3) is 0 Å². The molecule has 158 valence electrons. The second-order valence-corrected chi connectivity index (χ2v) is 8.14. The van der Waals surface area contributed by atoms with E-state index in [-0.39, 0.29) is 23.6 Å². The summed E-state index contributed by atoms with van der Waals surface area (Å²) in [5, 5.41) is 5.83. The van der Waals surface area contributed by atoms with E-state index >= 15 is 0 Å². The van der Waals surface area contributed by atoms with Crippen LogP contribution in [-0.4, -0.2) is 54.4 Å². The summed E-state index contributed by atoms with van der Waals surface area (Å²) in [7, 11) is 0. The zero-order valence-electron chi connectivity index (χ0n) is 16.8. The number of hydrogen-bond acceptors (Lipinski definition) is 6. The number of nitrogens with one attached hydrogen (secondary N) is 2. The third-order valence-corrected chi connectivity index (χ3v) is 5.79. The Hall–Kier alpha value is -2.19. The van der Waals surface area contributed by atoms with Crippen molar-refractivity contribution < 1.29 is 18.4 Å². The molecule has 2 aromatic rings. The molecule has 0 aliphatic carbocycles. The summed E-state index contributed by atoms with van der Waals surface area (Å²) in [6, 6.07) is 6.45. The molecule has 7 nitrogen and oxygen atoms in total. The van der Waals surface area contributed by atoms with E-state index in [1.165, 1.54) is 12.7 Å². The van der Waals surface area contributed by atoms with E-state index in [0.29, 0.717) is 13.0 Å². The molecule has 2 unspecified atom stereocenters. The predicted octanol–water partition coefficient (Wildman–Crippen LogP) is 3.07. The summed E-state index contributed by atoms with van der Waals surface area (Å²) in [4.78, 5) is 27.6. The van der Waals surface area contributed by atoms with E-state index in [1.54, 1.807) is 30.2 Å². The monoisotopic (exact) mass is 419 g/mol. The number of furan rings is 2. The molecule has 0 radical (unpaired) electrons. The number of thioether (sulfide) groups is 1. The summed E-state index contributed by atoms with van der Waals surface area (Å²) < 4.78 is 10.8. The van der Waals surface area contributed by atoms with E-state index < -0.39 is 6.04 Å². The highest BCUT2D eigenvalue weighted by atomic mass is 32.2. The summed E-state index contributed by atoms with van der Waals surface area (Å²) in [5.41, 5.74) is 0. The first-order chi connectivity index (χ1) is 14.2. The van der Waals surface area contributed by atoms with E-state index in [1.807, 2.05) is 18.4 Å². The molecule has 3 heterocycles. The molecule has 2 atom stereocenters. The Morgan fingerprint density at radius 3 is 2.55 bits per heavy atom. The van der Waals surface area contributed by atoms with Crippen molar-refractivity contribution in [3.63, 3.8) is 0 Å². The van der Waals surface area contributed by atoms with Crippen LogP contribution in [0.1, 0.15) is 48.0 Å². The van der Waals surface area contributed by atoms with Crippen LogP contribution >= 0.6 is 11.8 Å². The topological polar surface area (TPSA) is 87.7 Å². The predicted molar refractivity (Wildman–Crippen MR) is 113 cm³/mol. The number of amides is 2. The molecule has 8 heteroatoms. The second-order valence-electron chi connectivity index (χ2n) is 7.16. The van der Waals surface area contributed by atoms with Crippen LogP contribution in [0.3, 0.4) is 0 Å². The largest absolute Gasteiger partial charge is 0.468 e. The molecule has 0 bridgehead atoms. The molecular weight excluding hydrogens is 390 g/mol. The van der Waals surface area contributed by atoms with Gasteiger partial charge in [-0.05, 0) is 68.6 Å². The maximum Gasteiger partial charge on any atom is 0.287 e. The van der Waals surface area contributed by atoms with E-state index in [2.05, 4.69) is 15.5 Å². The Labute approximate surface area is 175 Å². The molecule has 2 N–H and O–H groups in total. The molecule has 1 saturated heterocycles. The average Bonchev–Trinajstić information content (AvgIpc) is 3.46. The number of piperidine rings is 1. The van der Waals surface area contributed by atoms with Gasteiger partial charge in [0, 0.05) is 6.54 Å². The standard InChI is InChI=1S/C21H29N3O4S/c1-29-14-9-16(23-21(26)19-8-6-13-28-19)20(25)22-15-17(18-7-5-12-27-18)24-10-3-2-4-11-24/h5-8,12-13,16-17H,2-4,9-11,14-15H2,1H3,(H,22,25)(H,23,26). The Balaban J connectivity index is 1.62. The molecule has 1 aliphatic rings. The average molecular weight is 420 g/mol. The van der Waals surface area contributed by atoms with Crippen molar-refractivity contribution in [1.82, 2.24) is 15.5 Å². The van der Waals surface area contributed by atoms with Gasteiger partial charge < -0.3 is 19.5 Å². The minimum Gasteiger partial charge on any atom is -0.468 e. The summed E-state index contributed by atoms with van der Waals surface area (Å²) in [6.45, 7) is 2.43. The van der Waals surface area contributed by atoms with Crippen molar-refractivity contribution in [2.45, 2.75) is 37.8 Å². The minimum absolute atomic E-state index is 0.00349. The molecule has 2 aromatic heterocycles. The number of hydrogen-bond donors (Lipinski definition) is 2. The Kier molecular flexibility index (Phi) is 8.25. The Bertz CT molecular complexity index is 742. The van der Waals surface area contributed by atoms with Crippen molar-refractivity contribution in [2.75, 3.05) is 31.6 Å². The van der Waals surface area contributed by atoms with Crippen molar-refractivity contribution in [1.29, 1.82) is 0 Å². The molecular formula is C21H29N3O4S. The number of nitrogens with zero attached hydrogens (tertiary/aromatic N) is 1. The van der Waals surface area contributed by atoms with Gasteiger partial charge in [0.15, 0.2) is 5.76 Å². The third-order valence-electron chi connectivity index (χ3n) is 5.15. The normalized spacial score (nSPS) is 16.9. The van der Waals surface area contributed by atoms with Gasteiger partial charge in [-0.25, -0.2) is 0 Å². The fourth-order valence-electron chi connectivity index (χ4n) is 3.58. The Morgan fingerprint density at radius 2 is 1.90 bits per heavy atom. The summed E-state index contributed by atoms with van der Waals surface area (Å²) >= 11 is 1.64. The summed E-state index contributed by atoms with van der Waals surface area (Å²) in [6.07, 6.45) is 9.18. The first-order valence-corrected chi connectivity index (χ1v) is 11.5. The van der Waals surface area contributed by atoms with Crippen LogP contribution in [0.5, 0.6) is 0 Å². The molecule has 29 heavy (non-hydrogen) atoms. The highest BCUT2D eigenvalue weighted by molar-refractivity contribution is 7.98. The molecule has 0 saturated carbocycles. The first-order valence-electron chi connectivity index (χ1n) is 10.1. The highest BCUT2D eigenvalue weighted by Gasteiger charge is 2.27. The SMILES string of the molecule is CSCCC(NC(=O)c1ccco1)C(=O)NCC(c1ccco1)N1CCCCC1. The first kappa shape index (κ1) is 21.5. The molecule has 2 amide bonds. The van der Waals surface area contributed by atoms with Crippen LogP contribution in [-0.2, 0) is 4.79 Å². The van der Waals surface area contributed by atoms with E-state index in [9.17, 15) is 9.59 Å². The van der Waals surface area contributed by atoms with Crippen molar-refractivity contribution in [2.24, 2.45) is 0 Å². The lowest BCUT2D eigenvalue weighted by molar-refractivity contribution is -0.123. The number of carbonyl (C=O) groups excluding carboxylic acids is 2. The number of rotatable bonds is 10. The number of likely N-dealkylation sites (tertiary alicyclic amines) is 1. The van der Waals surface area contributed by atoms with Gasteiger partial charge in [-0.15, -0.1) is 0 Å². The van der Waals surface area contributed by atoms with Gasteiger partial charge >= 0.3 is 0 Å². The molecule has 3 rings (SSSR count). The molecule has 1 aliphatic heterocycles. The van der Waals surface area contributed by atoms with Gasteiger partial charge in [-0.2, -0.15) is 11.8 Å². The quantitative estimate of drug-likeness (QED) is 0.615. The molecule has 1 fully saturated rings. The lowest BCUT2D eigenvalue weighted by atomic mass is 10.1. The van der Waals surface area contributed by atoms with Gasteiger partial charge in [0.2, 0.25) is 5.91 Å². The molecule has 0 spiro atoms. The van der Waals surface area contributed by atoms with Crippen LogP contribution in [0.15, 0.2) is 45.6 Å². The van der Waals surface area contributed by atoms with E-state index in [0.717, 1.165) is 37.4 Å². The van der Waals surface area contributed by atoms with Gasteiger partial charge in [0.25, 0.3) is 5.91 Å². The van der Waals surface area contributed by atoms with Crippen LogP contribution < -0.4 is 10.6 Å². The van der Waals surface area contributed by atoms with E-state index in [4.69, 9.17) is 8.83 Å². The maximum atomic E-state index is 12.9. The zero-order chi connectivity index (χ0) is 20.5. The molecule has 0 aromatic carbocycles. The van der Waals surface area contributed by atoms with Crippen molar-refractivity contribution in [3.8, 4) is 0 Å². The lowest BCUT2D eigenvalue weighted by Crippen LogP contribution is -2.49. The smallest absolute Gasteiger partial charge is 0.287 e. The van der Waals surface area contributed by atoms with Crippen LogP contribution in [0, 0.1) is 0 Å². The minimum atomic E-state index is -0.612. The van der Waals surface area contributed by atoms with Gasteiger partial charge in [0.05, 0.1) is 18.6 Å². The third kappa shape index (κ3) is 6.14. The van der Waals surface area contributed by atoms with Crippen LogP contribution in [0.2, 0.25) is 0 Å². The van der Waals surface area contributed by atoms with Gasteiger partial charge in [0.1, 0.15) is 11.8 Å². The highest BCUT2D eigenvalue weighted by Crippen LogP contribution is 2.24. The zero-order valence-corrected chi connectivity index (χ0v) is 17.6. The van der Waals surface area contributed by atoms with Gasteiger partial charge in [-0.1, -0.05) is 6.42 Å². The fourth-order valence-corrected chi connectivity index (χ4v) is 4.05. The Morgan fingerprint density at radius 1 is 1.14 bits per heavy atom. The number of carbonyl (C=O) groups is 2. The lowest BCUT2D eigenvalue weighted by Gasteiger charge is -2.33. The second kappa shape index (κ2) is 11.1. The summed E-state index contributed by atoms with van der Waals surface area (Å²) in [5.74, 6) is 1.26. The van der Waals surface area contributed by atoms with Crippen molar-refractivity contribution in [3.05, 3.63) is 48.3 Å². The van der Waals surface area contributed by atoms with Gasteiger partial charge in [-0.3, -0.25) is 14.5 Å². The maximum absolute atomic E-state index is 12.9. The van der Waals surface area contributed by atoms with Crippen molar-refractivity contribution >= 4 is 23.6 Å². The van der Waals surface area contributed by atoms with Crippen LogP contribution in [0.4, 0.5) is 0 Å². The fraction of sp³-hybridized carbons (Fsp3) is 0.524.